The highest BCUT2D eigenvalue weighted by molar-refractivity contribution is 7.16. The van der Waals surface area contributed by atoms with Gasteiger partial charge in [0.15, 0.2) is 16.3 Å². The molecule has 0 unspecified atom stereocenters. The van der Waals surface area contributed by atoms with Gasteiger partial charge in [-0.3, -0.25) is 4.79 Å². The van der Waals surface area contributed by atoms with Crippen LogP contribution in [0.5, 0.6) is 11.5 Å². The lowest BCUT2D eigenvalue weighted by atomic mass is 10.2. The third-order valence-corrected chi connectivity index (χ3v) is 5.05. The molecular formula is C18H16N2O3S. The van der Waals surface area contributed by atoms with Gasteiger partial charge < -0.3 is 14.0 Å². The number of hydrogen-bond acceptors (Lipinski definition) is 4. The number of nitrogens with zero attached hydrogens (tertiary/aromatic N) is 2. The van der Waals surface area contributed by atoms with Gasteiger partial charge in [-0.05, 0) is 42.8 Å². The van der Waals surface area contributed by atoms with Crippen LogP contribution in [0.15, 0.2) is 41.4 Å². The Balaban J connectivity index is 1.75. The van der Waals surface area contributed by atoms with E-state index in [2.05, 4.69) is 30.1 Å². The van der Waals surface area contributed by atoms with E-state index in [1.165, 1.54) is 16.9 Å². The van der Waals surface area contributed by atoms with Crippen LogP contribution in [0.25, 0.3) is 10.2 Å². The average Bonchev–Trinajstić information content (AvgIpc) is 2.89. The van der Waals surface area contributed by atoms with Gasteiger partial charge in [0, 0.05) is 12.6 Å². The summed E-state index contributed by atoms with van der Waals surface area (Å²) >= 11 is 1.51. The zero-order valence-corrected chi connectivity index (χ0v) is 14.2. The molecule has 1 aromatic heterocycles. The molecule has 6 heteroatoms. The minimum atomic E-state index is -0.286. The second-order valence-corrected chi connectivity index (χ2v) is 6.70. The van der Waals surface area contributed by atoms with Crippen molar-refractivity contribution in [1.82, 2.24) is 4.57 Å². The second kappa shape index (κ2) is 5.79. The molecule has 4 rings (SSSR count). The van der Waals surface area contributed by atoms with Crippen LogP contribution >= 0.6 is 11.3 Å². The van der Waals surface area contributed by atoms with E-state index >= 15 is 0 Å². The number of benzene rings is 2. The summed E-state index contributed by atoms with van der Waals surface area (Å²) in [5.41, 5.74) is 2.75. The number of rotatable bonds is 1. The van der Waals surface area contributed by atoms with Gasteiger partial charge in [0.05, 0.1) is 10.2 Å². The lowest BCUT2D eigenvalue weighted by molar-refractivity contribution is 0.0996. The Hall–Kier alpha value is -2.60. The van der Waals surface area contributed by atoms with Crippen LogP contribution in [0.1, 0.15) is 15.9 Å². The normalized spacial score (nSPS) is 14.2. The summed E-state index contributed by atoms with van der Waals surface area (Å²) in [6, 6.07) is 11.4. The summed E-state index contributed by atoms with van der Waals surface area (Å²) < 4.78 is 14.1. The van der Waals surface area contributed by atoms with Crippen molar-refractivity contribution < 1.29 is 14.3 Å². The maximum absolute atomic E-state index is 12.5. The topological polar surface area (TPSA) is 52.8 Å². The lowest BCUT2D eigenvalue weighted by Gasteiger charge is -2.18. The largest absolute Gasteiger partial charge is 0.486 e. The van der Waals surface area contributed by atoms with Gasteiger partial charge in [-0.1, -0.05) is 17.4 Å². The van der Waals surface area contributed by atoms with Crippen LogP contribution in [-0.2, 0) is 7.05 Å². The molecule has 0 aliphatic carbocycles. The number of amides is 1. The van der Waals surface area contributed by atoms with E-state index < -0.39 is 0 Å². The van der Waals surface area contributed by atoms with Gasteiger partial charge in [0.2, 0.25) is 0 Å². The highest BCUT2D eigenvalue weighted by Gasteiger charge is 2.15. The Morgan fingerprint density at radius 1 is 1.12 bits per heavy atom. The first-order chi connectivity index (χ1) is 11.6. The van der Waals surface area contributed by atoms with Crippen LogP contribution in [-0.4, -0.2) is 23.7 Å². The number of ether oxygens (including phenoxy) is 2. The van der Waals surface area contributed by atoms with Crippen LogP contribution < -0.4 is 14.3 Å². The minimum absolute atomic E-state index is 0.286. The summed E-state index contributed by atoms with van der Waals surface area (Å²) in [6.45, 7) is 3.07. The van der Waals surface area contributed by atoms with E-state index in [4.69, 9.17) is 9.47 Å². The lowest BCUT2D eigenvalue weighted by Crippen LogP contribution is -2.16. The Bertz CT molecular complexity index is 1020. The molecule has 1 aliphatic rings. The summed E-state index contributed by atoms with van der Waals surface area (Å²) in [6.07, 6.45) is 0. The number of thiazole rings is 1. The van der Waals surface area contributed by atoms with E-state index in [1.807, 2.05) is 11.6 Å². The third kappa shape index (κ3) is 2.59. The van der Waals surface area contributed by atoms with Crippen molar-refractivity contribution in [2.45, 2.75) is 6.92 Å². The van der Waals surface area contributed by atoms with Crippen molar-refractivity contribution in [1.29, 1.82) is 0 Å². The predicted octanol–water partition coefficient (Wildman–Crippen LogP) is 3.06. The van der Waals surface area contributed by atoms with Gasteiger partial charge in [0.1, 0.15) is 13.2 Å². The molecule has 3 aromatic rings. The molecule has 2 heterocycles. The Morgan fingerprint density at radius 3 is 2.75 bits per heavy atom. The van der Waals surface area contributed by atoms with E-state index in [-0.39, 0.29) is 5.91 Å². The van der Waals surface area contributed by atoms with Crippen molar-refractivity contribution in [2.75, 3.05) is 13.2 Å². The number of carbonyl (C=O) groups excluding carboxylic acids is 1. The van der Waals surface area contributed by atoms with Crippen molar-refractivity contribution in [2.24, 2.45) is 12.0 Å². The van der Waals surface area contributed by atoms with E-state index in [0.717, 1.165) is 10.2 Å². The fourth-order valence-electron chi connectivity index (χ4n) is 2.68. The Morgan fingerprint density at radius 2 is 1.92 bits per heavy atom. The van der Waals surface area contributed by atoms with Crippen LogP contribution in [0, 0.1) is 6.92 Å². The molecule has 0 saturated heterocycles. The molecule has 0 N–H and O–H groups in total. The van der Waals surface area contributed by atoms with E-state index in [9.17, 15) is 4.79 Å². The molecule has 0 radical (unpaired) electrons. The maximum Gasteiger partial charge on any atom is 0.279 e. The highest BCUT2D eigenvalue weighted by Crippen LogP contribution is 2.30. The molecule has 24 heavy (non-hydrogen) atoms. The predicted molar refractivity (Wildman–Crippen MR) is 92.9 cm³/mol. The quantitative estimate of drug-likeness (QED) is 0.684. The summed E-state index contributed by atoms with van der Waals surface area (Å²) in [7, 11) is 1.92. The molecule has 2 aromatic carbocycles. The first kappa shape index (κ1) is 15.0. The highest BCUT2D eigenvalue weighted by atomic mass is 32.1. The van der Waals surface area contributed by atoms with Gasteiger partial charge in [-0.15, -0.1) is 0 Å². The van der Waals surface area contributed by atoms with E-state index in [1.54, 1.807) is 18.2 Å². The maximum atomic E-state index is 12.5. The van der Waals surface area contributed by atoms with Gasteiger partial charge in [-0.2, -0.15) is 4.99 Å². The fourth-order valence-corrected chi connectivity index (χ4v) is 3.79. The summed E-state index contributed by atoms with van der Waals surface area (Å²) in [5.74, 6) is 0.977. The molecule has 0 spiro atoms. The van der Waals surface area contributed by atoms with Gasteiger partial charge in [0.25, 0.3) is 5.91 Å². The van der Waals surface area contributed by atoms with Crippen LogP contribution in [0.3, 0.4) is 0 Å². The second-order valence-electron chi connectivity index (χ2n) is 5.69. The average molecular weight is 340 g/mol. The number of aromatic nitrogens is 1. The molecule has 1 amide bonds. The smallest absolute Gasteiger partial charge is 0.279 e. The first-order valence-electron chi connectivity index (χ1n) is 7.67. The molecule has 0 atom stereocenters. The molecular weight excluding hydrogens is 324 g/mol. The number of hydrogen-bond donors (Lipinski definition) is 0. The number of aryl methyl sites for hydroxylation is 2. The van der Waals surface area contributed by atoms with Crippen molar-refractivity contribution in [3.8, 4) is 11.5 Å². The molecule has 0 fully saturated rings. The first-order valence-corrected chi connectivity index (χ1v) is 8.48. The molecule has 0 saturated carbocycles. The fraction of sp³-hybridized carbons (Fsp3) is 0.222. The van der Waals surface area contributed by atoms with Gasteiger partial charge in [-0.25, -0.2) is 0 Å². The Labute approximate surface area is 142 Å². The van der Waals surface area contributed by atoms with Crippen molar-refractivity contribution in [3.63, 3.8) is 0 Å². The molecule has 1 aliphatic heterocycles. The van der Waals surface area contributed by atoms with Crippen molar-refractivity contribution in [3.05, 3.63) is 52.3 Å². The molecule has 0 bridgehead atoms. The monoisotopic (exact) mass is 340 g/mol. The standard InChI is InChI=1S/C18H16N2O3S/c1-11-3-5-13-16(9-11)24-18(20(13)2)19-17(21)12-4-6-14-15(10-12)23-8-7-22-14/h3-6,9-10H,7-8H2,1-2H3. The summed E-state index contributed by atoms with van der Waals surface area (Å²) in [5, 5.41) is 0. The number of carbonyl (C=O) groups is 1. The minimum Gasteiger partial charge on any atom is -0.486 e. The Kier molecular flexibility index (Phi) is 3.61. The van der Waals surface area contributed by atoms with E-state index in [0.29, 0.717) is 35.1 Å². The van der Waals surface area contributed by atoms with Crippen molar-refractivity contribution >= 4 is 27.5 Å². The number of fused-ring (bicyclic) bond motifs is 2. The zero-order valence-electron chi connectivity index (χ0n) is 13.4. The molecule has 5 nitrogen and oxygen atoms in total. The third-order valence-electron chi connectivity index (χ3n) is 3.95. The zero-order chi connectivity index (χ0) is 16.7. The SMILES string of the molecule is Cc1ccc2c(c1)sc(=NC(=O)c1ccc3c(c1)OCCO3)n2C. The molecule has 122 valence electrons. The summed E-state index contributed by atoms with van der Waals surface area (Å²) in [4.78, 5) is 17.5. The van der Waals surface area contributed by atoms with Gasteiger partial charge >= 0.3 is 0 Å². The van der Waals surface area contributed by atoms with Crippen LogP contribution in [0.4, 0.5) is 0 Å². The van der Waals surface area contributed by atoms with Crippen LogP contribution in [0.2, 0.25) is 0 Å².